The minimum atomic E-state index is -4.49. The van der Waals surface area contributed by atoms with Gasteiger partial charge in [-0.1, -0.05) is 13.7 Å². The van der Waals surface area contributed by atoms with Crippen molar-refractivity contribution in [3.05, 3.63) is 28.5 Å². The predicted molar refractivity (Wildman–Crippen MR) is 43.2 cm³/mol. The summed E-state index contributed by atoms with van der Waals surface area (Å²) in [5, 5.41) is 0. The maximum atomic E-state index is 10.3. The number of rotatable bonds is 2. The van der Waals surface area contributed by atoms with Crippen LogP contribution in [0.15, 0.2) is 22.8 Å². The number of hydrogen-bond acceptors (Lipinski definition) is 4. The molecule has 0 spiro atoms. The molecule has 0 N–H and O–H groups in total. The largest absolute Gasteiger partial charge is 1.00 e. The molecule has 0 fully saturated rings. The van der Waals surface area contributed by atoms with Crippen molar-refractivity contribution in [1.29, 1.82) is 0 Å². The molecule has 0 unspecified atom stereocenters. The second-order valence-corrected chi connectivity index (χ2v) is 4.57. The minimum Gasteiger partial charge on any atom is -0.810 e. The number of pyridine rings is 1. The van der Waals surface area contributed by atoms with E-state index in [4.69, 9.17) is 0 Å². The number of hydrogen-bond donors (Lipinski definition) is 0. The Labute approximate surface area is 135 Å². The third-order valence-corrected chi connectivity index (χ3v) is 2.28. The van der Waals surface area contributed by atoms with Gasteiger partial charge in [0.25, 0.3) is 0 Å². The Morgan fingerprint density at radius 2 is 1.93 bits per heavy atom. The number of aromatic nitrogens is 1. The van der Waals surface area contributed by atoms with Crippen molar-refractivity contribution in [3.63, 3.8) is 0 Å². The van der Waals surface area contributed by atoms with Crippen LogP contribution in [0, 0.1) is 0 Å². The molecule has 0 aromatic carbocycles. The average molecular weight is 296 g/mol. The van der Waals surface area contributed by atoms with Crippen LogP contribution in [0.3, 0.4) is 0 Å². The molecular weight excluding hydrogens is 291 g/mol. The quantitative estimate of drug-likeness (QED) is 0.310. The fourth-order valence-electron chi connectivity index (χ4n) is 0.737. The van der Waals surface area contributed by atoms with Crippen molar-refractivity contribution in [3.8, 4) is 0 Å². The van der Waals surface area contributed by atoms with Crippen LogP contribution in [0.25, 0.3) is 0 Å². The molecule has 1 heterocycles. The van der Waals surface area contributed by atoms with Crippen LogP contribution >= 0.6 is 23.5 Å². The van der Waals surface area contributed by atoms with Gasteiger partial charge < -0.3 is 14.4 Å². The summed E-state index contributed by atoms with van der Waals surface area (Å²) in [7, 11) is -4.49. The van der Waals surface area contributed by atoms with E-state index >= 15 is 0 Å². The smallest absolute Gasteiger partial charge is 0.810 e. The molecule has 0 saturated carbocycles. The zero-order valence-corrected chi connectivity index (χ0v) is 14.4. The first kappa shape index (κ1) is 18.2. The minimum absolute atomic E-state index is 0. The van der Waals surface area contributed by atoms with E-state index in [0.717, 1.165) is 0 Å². The molecule has 0 saturated heterocycles. The standard InChI is InChI=1S/C6H7BrNO3P.2Na/c7-6-3-1-2-5(8-6)4-12(9,10)11;;/h1-3H,4H2,(H2,9,10,11);;/q;2*+1/p-2. The molecule has 0 bridgehead atoms. The van der Waals surface area contributed by atoms with Crippen molar-refractivity contribution in [2.24, 2.45) is 0 Å². The monoisotopic (exact) mass is 295 g/mol. The third-order valence-electron chi connectivity index (χ3n) is 1.13. The Balaban J connectivity index is 0. The van der Waals surface area contributed by atoms with Gasteiger partial charge in [-0.3, -0.25) is 0 Å². The van der Waals surface area contributed by atoms with Crippen LogP contribution in [-0.2, 0) is 10.7 Å². The Hall–Kier alpha value is 1.78. The van der Waals surface area contributed by atoms with Crippen LogP contribution < -0.4 is 68.9 Å². The summed E-state index contributed by atoms with van der Waals surface area (Å²) >= 11 is 3.06. The van der Waals surface area contributed by atoms with E-state index in [9.17, 15) is 14.4 Å². The SMILES string of the molecule is O=P([O-])([O-])Cc1cccc(Br)n1.[Na+].[Na+]. The first-order valence-corrected chi connectivity index (χ1v) is 5.62. The van der Waals surface area contributed by atoms with Gasteiger partial charge in [-0.15, -0.1) is 0 Å². The predicted octanol–water partition coefficient (Wildman–Crippen LogP) is -5.73. The van der Waals surface area contributed by atoms with Crippen LogP contribution in [-0.4, -0.2) is 4.98 Å². The van der Waals surface area contributed by atoms with E-state index in [1.165, 1.54) is 6.07 Å². The fraction of sp³-hybridized carbons (Fsp3) is 0.167. The van der Waals surface area contributed by atoms with Crippen LogP contribution in [0.2, 0.25) is 0 Å². The van der Waals surface area contributed by atoms with Gasteiger partial charge >= 0.3 is 59.1 Å². The zero-order chi connectivity index (χ0) is 9.19. The molecule has 1 rings (SSSR count). The maximum Gasteiger partial charge on any atom is 1.00 e. The van der Waals surface area contributed by atoms with Gasteiger partial charge in [0.05, 0.1) is 0 Å². The van der Waals surface area contributed by atoms with Gasteiger partial charge in [-0.05, 0) is 28.1 Å². The average Bonchev–Trinajstić information content (AvgIpc) is 1.82. The van der Waals surface area contributed by atoms with Gasteiger partial charge in [0.15, 0.2) is 0 Å². The van der Waals surface area contributed by atoms with Gasteiger partial charge in [0, 0.05) is 11.9 Å². The Bertz CT molecular complexity index is 333. The van der Waals surface area contributed by atoms with E-state index < -0.39 is 13.8 Å². The van der Waals surface area contributed by atoms with Crippen LogP contribution in [0.1, 0.15) is 5.69 Å². The normalized spacial score (nSPS) is 9.93. The Morgan fingerprint density at radius 3 is 2.36 bits per heavy atom. The van der Waals surface area contributed by atoms with E-state index in [2.05, 4.69) is 20.9 Å². The molecule has 66 valence electrons. The van der Waals surface area contributed by atoms with Crippen LogP contribution in [0.4, 0.5) is 0 Å². The second kappa shape index (κ2) is 7.96. The molecule has 1 aromatic heterocycles. The molecular formula is C6H5BrNNa2O3P. The second-order valence-electron chi connectivity index (χ2n) is 2.22. The van der Waals surface area contributed by atoms with Gasteiger partial charge in [-0.25, -0.2) is 4.98 Å². The summed E-state index contributed by atoms with van der Waals surface area (Å²) in [6, 6.07) is 4.78. The van der Waals surface area contributed by atoms with Gasteiger partial charge in [-0.2, -0.15) is 0 Å². The first-order chi connectivity index (χ1) is 5.47. The molecule has 8 heteroatoms. The van der Waals surface area contributed by atoms with Crippen molar-refractivity contribution in [1.82, 2.24) is 4.98 Å². The van der Waals surface area contributed by atoms with Gasteiger partial charge in [0.2, 0.25) is 0 Å². The molecule has 0 radical (unpaired) electrons. The first-order valence-electron chi connectivity index (χ1n) is 3.10. The molecule has 0 atom stereocenters. The summed E-state index contributed by atoms with van der Waals surface area (Å²) in [6.45, 7) is 0. The molecule has 4 nitrogen and oxygen atoms in total. The van der Waals surface area contributed by atoms with E-state index in [1.54, 1.807) is 12.1 Å². The van der Waals surface area contributed by atoms with Crippen molar-refractivity contribution in [2.45, 2.75) is 6.16 Å². The van der Waals surface area contributed by atoms with E-state index in [-0.39, 0.29) is 64.8 Å². The zero-order valence-electron chi connectivity index (χ0n) is 7.94. The molecule has 0 aliphatic carbocycles. The third kappa shape index (κ3) is 7.99. The summed E-state index contributed by atoms with van der Waals surface area (Å²) < 4.78 is 10.9. The molecule has 0 aliphatic heterocycles. The molecule has 1 aromatic rings. The van der Waals surface area contributed by atoms with Crippen molar-refractivity contribution >= 4 is 23.5 Å². The van der Waals surface area contributed by atoms with Crippen molar-refractivity contribution < 1.29 is 73.5 Å². The summed E-state index contributed by atoms with van der Waals surface area (Å²) in [4.78, 5) is 24.5. The van der Waals surface area contributed by atoms with E-state index in [1.807, 2.05) is 0 Å². The molecule has 0 aliphatic rings. The van der Waals surface area contributed by atoms with Gasteiger partial charge in [0.1, 0.15) is 4.60 Å². The molecule has 0 amide bonds. The topological polar surface area (TPSA) is 76.1 Å². The van der Waals surface area contributed by atoms with E-state index in [0.29, 0.717) is 4.60 Å². The maximum absolute atomic E-state index is 10.3. The number of halogens is 1. The fourth-order valence-corrected chi connectivity index (χ4v) is 1.69. The summed E-state index contributed by atoms with van der Waals surface area (Å²) in [5.41, 5.74) is 0.262. The number of nitrogens with zero attached hydrogens (tertiary/aromatic N) is 1. The summed E-state index contributed by atoms with van der Waals surface area (Å²) in [6.07, 6.45) is -0.535. The van der Waals surface area contributed by atoms with Crippen molar-refractivity contribution in [2.75, 3.05) is 0 Å². The Morgan fingerprint density at radius 1 is 1.36 bits per heavy atom. The summed E-state index contributed by atoms with van der Waals surface area (Å²) in [5.74, 6) is 0. The van der Waals surface area contributed by atoms with Crippen LogP contribution in [0.5, 0.6) is 0 Å². The Kier molecular flexibility index (Phi) is 10.3. The molecule has 14 heavy (non-hydrogen) atoms.